The molecule has 0 aromatic carbocycles. The summed E-state index contributed by atoms with van der Waals surface area (Å²) in [6.45, 7) is 1.59. The van der Waals surface area contributed by atoms with Crippen LogP contribution in [0.5, 0.6) is 0 Å². The van der Waals surface area contributed by atoms with Crippen molar-refractivity contribution < 1.29 is 4.74 Å². The second-order valence-corrected chi connectivity index (χ2v) is 7.70. The van der Waals surface area contributed by atoms with E-state index in [1.807, 2.05) is 0 Å². The molecule has 0 spiro atoms. The van der Waals surface area contributed by atoms with Crippen LogP contribution in [0, 0.1) is 0 Å². The van der Waals surface area contributed by atoms with Crippen LogP contribution in [0.15, 0.2) is 6.33 Å². The molecule has 2 aromatic rings. The molecule has 0 saturated carbocycles. The Morgan fingerprint density at radius 3 is 3.08 bits per heavy atom. The summed E-state index contributed by atoms with van der Waals surface area (Å²) in [4.78, 5) is 11.4. The van der Waals surface area contributed by atoms with Crippen LogP contribution >= 0.6 is 23.6 Å². The van der Waals surface area contributed by atoms with Crippen molar-refractivity contribution in [3.8, 4) is 0 Å². The van der Waals surface area contributed by atoms with Crippen LogP contribution in [-0.4, -0.2) is 34.3 Å². The molecule has 1 aliphatic carbocycles. The fourth-order valence-electron chi connectivity index (χ4n) is 3.36. The topological polar surface area (TPSA) is 71.1 Å². The zero-order valence-electron chi connectivity index (χ0n) is 13.4. The fourth-order valence-corrected chi connectivity index (χ4v) is 4.72. The molecule has 1 atom stereocenters. The number of nitrogens with zero attached hydrogens (tertiary/aromatic N) is 2. The number of fused-ring (bicyclic) bond motifs is 3. The number of anilines is 1. The van der Waals surface area contributed by atoms with Crippen LogP contribution in [0.1, 0.15) is 36.1 Å². The fraction of sp³-hybridized carbons (Fsp3) is 0.562. The molecule has 2 aliphatic rings. The normalized spacial score (nSPS) is 19.9. The van der Waals surface area contributed by atoms with Crippen molar-refractivity contribution in [3.63, 3.8) is 0 Å². The van der Waals surface area contributed by atoms with E-state index in [-0.39, 0.29) is 6.10 Å². The Labute approximate surface area is 150 Å². The maximum atomic E-state index is 5.59. The summed E-state index contributed by atoms with van der Waals surface area (Å²) >= 11 is 7.12. The van der Waals surface area contributed by atoms with Gasteiger partial charge in [-0.2, -0.15) is 0 Å². The van der Waals surface area contributed by atoms with Gasteiger partial charge >= 0.3 is 0 Å². The molecule has 0 radical (unpaired) electrons. The largest absolute Gasteiger partial charge is 0.376 e. The smallest absolute Gasteiger partial charge is 0.185 e. The van der Waals surface area contributed by atoms with Gasteiger partial charge in [0.15, 0.2) is 10.9 Å². The van der Waals surface area contributed by atoms with E-state index in [1.165, 1.54) is 23.3 Å². The molecule has 1 aliphatic heterocycles. The van der Waals surface area contributed by atoms with Gasteiger partial charge in [0, 0.05) is 18.0 Å². The first kappa shape index (κ1) is 16.0. The number of thiocarbonyl (C=S) groups is 1. The highest BCUT2D eigenvalue weighted by Gasteiger charge is 2.20. The van der Waals surface area contributed by atoms with E-state index in [9.17, 15) is 0 Å². The van der Waals surface area contributed by atoms with Crippen LogP contribution < -0.4 is 16.2 Å². The Hall–Kier alpha value is -1.51. The third kappa shape index (κ3) is 3.31. The maximum Gasteiger partial charge on any atom is 0.185 e. The number of aryl methyl sites for hydroxylation is 2. The molecule has 1 saturated heterocycles. The quantitative estimate of drug-likeness (QED) is 0.569. The summed E-state index contributed by atoms with van der Waals surface area (Å²) in [5, 5.41) is 4.89. The van der Waals surface area contributed by atoms with E-state index in [0.29, 0.717) is 5.11 Å². The molecule has 0 bridgehead atoms. The minimum Gasteiger partial charge on any atom is -0.376 e. The number of nitrogens with one attached hydrogen (secondary N) is 3. The predicted octanol–water partition coefficient (Wildman–Crippen LogP) is 2.54. The Bertz CT molecular complexity index is 741. The van der Waals surface area contributed by atoms with Gasteiger partial charge in [-0.1, -0.05) is 0 Å². The van der Waals surface area contributed by atoms with Crippen LogP contribution in [-0.2, 0) is 17.6 Å². The van der Waals surface area contributed by atoms with Crippen LogP contribution in [0.2, 0.25) is 0 Å². The highest BCUT2D eigenvalue weighted by atomic mass is 32.1. The number of rotatable bonds is 4. The minimum absolute atomic E-state index is 0.263. The van der Waals surface area contributed by atoms with Crippen molar-refractivity contribution in [2.24, 2.45) is 0 Å². The highest BCUT2D eigenvalue weighted by Crippen LogP contribution is 2.37. The monoisotopic (exact) mass is 363 g/mol. The lowest BCUT2D eigenvalue weighted by atomic mass is 9.97. The maximum absolute atomic E-state index is 5.59. The number of ether oxygens (including phenoxy) is 1. The van der Waals surface area contributed by atoms with Crippen LogP contribution in [0.4, 0.5) is 5.82 Å². The molecule has 3 heterocycles. The van der Waals surface area contributed by atoms with Gasteiger partial charge in [0.05, 0.1) is 11.5 Å². The Kier molecular flexibility index (Phi) is 4.77. The van der Waals surface area contributed by atoms with Gasteiger partial charge in [-0.25, -0.2) is 9.97 Å². The summed E-state index contributed by atoms with van der Waals surface area (Å²) < 4.78 is 5.59. The summed E-state index contributed by atoms with van der Waals surface area (Å²) in [6, 6.07) is 0. The lowest BCUT2D eigenvalue weighted by molar-refractivity contribution is 0.114. The first-order valence-corrected chi connectivity index (χ1v) is 9.70. The summed E-state index contributed by atoms with van der Waals surface area (Å²) in [6.07, 6.45) is 8.87. The molecule has 2 aromatic heterocycles. The lowest BCUT2D eigenvalue weighted by Crippen LogP contribution is -2.42. The molecular formula is C16H21N5OS2. The van der Waals surface area contributed by atoms with E-state index >= 15 is 0 Å². The van der Waals surface area contributed by atoms with E-state index in [1.54, 1.807) is 17.7 Å². The van der Waals surface area contributed by atoms with Gasteiger partial charge in [0.2, 0.25) is 0 Å². The lowest BCUT2D eigenvalue weighted by Gasteiger charge is -2.16. The van der Waals surface area contributed by atoms with Gasteiger partial charge in [-0.15, -0.1) is 11.3 Å². The number of hydrogen-bond donors (Lipinski definition) is 3. The van der Waals surface area contributed by atoms with Gasteiger partial charge in [0.25, 0.3) is 0 Å². The highest BCUT2D eigenvalue weighted by molar-refractivity contribution is 7.80. The molecular weight excluding hydrogens is 342 g/mol. The number of hydrogen-bond acceptors (Lipinski definition) is 6. The molecule has 24 heavy (non-hydrogen) atoms. The molecule has 0 unspecified atom stereocenters. The first-order chi connectivity index (χ1) is 11.8. The Morgan fingerprint density at radius 2 is 2.21 bits per heavy atom. The van der Waals surface area contributed by atoms with E-state index < -0.39 is 0 Å². The standard InChI is InChI=1S/C16H21N5OS2/c23-16(17-8-10-4-3-7-22-10)21-20-14-13-11-5-1-2-6-12(11)24-15(13)19-9-18-14/h9-10H,1-8H2,(H2,17,21,23)(H,18,19,20)/t10-/m0/s1. The molecule has 8 heteroatoms. The Balaban J connectivity index is 1.42. The van der Waals surface area contributed by atoms with Crippen molar-refractivity contribution in [1.29, 1.82) is 0 Å². The number of hydrazine groups is 1. The SMILES string of the molecule is S=C(NC[C@@H]1CCCO1)NNc1ncnc2sc3c(c12)CCCC3. The van der Waals surface area contributed by atoms with Crippen molar-refractivity contribution in [1.82, 2.24) is 20.7 Å². The zero-order valence-corrected chi connectivity index (χ0v) is 15.1. The van der Waals surface area contributed by atoms with Crippen molar-refractivity contribution >= 4 is 44.7 Å². The minimum atomic E-state index is 0.263. The average Bonchev–Trinajstić information content (AvgIpc) is 3.25. The number of thiophene rings is 1. The molecule has 0 amide bonds. The van der Waals surface area contributed by atoms with Crippen molar-refractivity contribution in [3.05, 3.63) is 16.8 Å². The first-order valence-electron chi connectivity index (χ1n) is 8.48. The summed E-state index contributed by atoms with van der Waals surface area (Å²) in [5.74, 6) is 0.806. The van der Waals surface area contributed by atoms with Gasteiger partial charge in [-0.05, 0) is 56.3 Å². The van der Waals surface area contributed by atoms with Gasteiger partial charge < -0.3 is 10.1 Å². The molecule has 6 nitrogen and oxygen atoms in total. The zero-order chi connectivity index (χ0) is 16.4. The molecule has 128 valence electrons. The second-order valence-electron chi connectivity index (χ2n) is 6.21. The van der Waals surface area contributed by atoms with Crippen LogP contribution in [0.3, 0.4) is 0 Å². The second kappa shape index (κ2) is 7.16. The van der Waals surface area contributed by atoms with Gasteiger partial charge in [-0.3, -0.25) is 10.9 Å². The predicted molar refractivity (Wildman–Crippen MR) is 100 cm³/mol. The molecule has 1 fully saturated rings. The van der Waals surface area contributed by atoms with E-state index in [0.717, 1.165) is 54.9 Å². The molecule has 3 N–H and O–H groups in total. The summed E-state index contributed by atoms with van der Waals surface area (Å²) in [5.41, 5.74) is 7.61. The molecule has 4 rings (SSSR count). The summed E-state index contributed by atoms with van der Waals surface area (Å²) in [7, 11) is 0. The van der Waals surface area contributed by atoms with Crippen molar-refractivity contribution in [2.75, 3.05) is 18.6 Å². The average molecular weight is 364 g/mol. The third-order valence-corrected chi connectivity index (χ3v) is 6.01. The van der Waals surface area contributed by atoms with E-state index in [2.05, 4.69) is 26.1 Å². The van der Waals surface area contributed by atoms with E-state index in [4.69, 9.17) is 17.0 Å². The van der Waals surface area contributed by atoms with Crippen molar-refractivity contribution in [2.45, 2.75) is 44.6 Å². The third-order valence-electron chi connectivity index (χ3n) is 4.56. The van der Waals surface area contributed by atoms with Crippen LogP contribution in [0.25, 0.3) is 10.2 Å². The Morgan fingerprint density at radius 1 is 1.29 bits per heavy atom. The van der Waals surface area contributed by atoms with Gasteiger partial charge in [0.1, 0.15) is 11.2 Å². The number of aromatic nitrogens is 2.